The number of carboxylic acid groups (broad SMARTS) is 1. The molecule has 0 spiro atoms. The summed E-state index contributed by atoms with van der Waals surface area (Å²) in [7, 11) is 0. The summed E-state index contributed by atoms with van der Waals surface area (Å²) in [5.74, 6) is -0.423. The number of rotatable bonds is 10. The van der Waals surface area contributed by atoms with E-state index in [1.807, 2.05) is 0 Å². The summed E-state index contributed by atoms with van der Waals surface area (Å²) in [5.41, 5.74) is -0.701. The normalized spacial score (nSPS) is 12.1. The van der Waals surface area contributed by atoms with E-state index in [1.165, 1.54) is 0 Å². The van der Waals surface area contributed by atoms with E-state index in [0.717, 1.165) is 0 Å². The number of carboxylic acids is 1. The van der Waals surface area contributed by atoms with Crippen LogP contribution in [0.15, 0.2) is 0 Å². The largest absolute Gasteiger partial charge is 0.480 e. The number of carbonyl (C=O) groups is 3. The van der Waals surface area contributed by atoms with Gasteiger partial charge in [-0.1, -0.05) is 0 Å². The first-order valence-electron chi connectivity index (χ1n) is 9.08. The molecule has 1 atom stereocenters. The van der Waals surface area contributed by atoms with Crippen LogP contribution in [0.2, 0.25) is 0 Å². The smallest absolute Gasteiger partial charge is 0.408 e. The number of aromatic nitrogens is 4. The molecule has 0 radical (unpaired) electrons. The van der Waals surface area contributed by atoms with Crippen LogP contribution in [0.25, 0.3) is 0 Å². The third-order valence-electron chi connectivity index (χ3n) is 3.43. The van der Waals surface area contributed by atoms with E-state index in [0.29, 0.717) is 37.5 Å². The number of carbonyl (C=O) groups excluding carboxylic acids is 2. The molecule has 0 aromatic carbocycles. The van der Waals surface area contributed by atoms with Crippen molar-refractivity contribution < 1.29 is 24.2 Å². The summed E-state index contributed by atoms with van der Waals surface area (Å²) in [6, 6.07) is -1.04. The van der Waals surface area contributed by atoms with Crippen molar-refractivity contribution in [3.63, 3.8) is 0 Å². The molecule has 3 N–H and O–H groups in total. The van der Waals surface area contributed by atoms with Crippen molar-refractivity contribution in [2.45, 2.75) is 71.4 Å². The Morgan fingerprint density at radius 3 is 2.32 bits per heavy atom. The van der Waals surface area contributed by atoms with Crippen LogP contribution in [0.5, 0.6) is 0 Å². The molecule has 156 valence electrons. The average Bonchev–Trinajstić information content (AvgIpc) is 2.58. The quantitative estimate of drug-likeness (QED) is 0.486. The van der Waals surface area contributed by atoms with E-state index in [9.17, 15) is 19.5 Å². The molecule has 0 fully saturated rings. The van der Waals surface area contributed by atoms with Crippen LogP contribution in [0, 0.1) is 6.92 Å². The number of aliphatic carboxylic acids is 1. The van der Waals surface area contributed by atoms with E-state index < -0.39 is 23.7 Å². The Kier molecular flexibility index (Phi) is 9.19. The molecule has 0 aliphatic heterocycles. The molecule has 1 unspecified atom stereocenters. The summed E-state index contributed by atoms with van der Waals surface area (Å²) in [6.45, 7) is 7.17. The highest BCUT2D eigenvalue weighted by Crippen LogP contribution is 2.08. The van der Waals surface area contributed by atoms with E-state index >= 15 is 0 Å². The lowest BCUT2D eigenvalue weighted by Gasteiger charge is -2.22. The Balaban J connectivity index is 2.22. The van der Waals surface area contributed by atoms with Gasteiger partial charge in [0.2, 0.25) is 5.91 Å². The van der Waals surface area contributed by atoms with Gasteiger partial charge in [-0.2, -0.15) is 0 Å². The molecule has 1 aromatic heterocycles. The summed E-state index contributed by atoms with van der Waals surface area (Å²) in [5, 5.41) is 29.5. The molecule has 0 saturated carbocycles. The predicted molar refractivity (Wildman–Crippen MR) is 98.3 cm³/mol. The zero-order chi connectivity index (χ0) is 21.2. The van der Waals surface area contributed by atoms with Crippen molar-refractivity contribution in [2.24, 2.45) is 0 Å². The molecular weight excluding hydrogens is 368 g/mol. The fraction of sp³-hybridized carbons (Fsp3) is 0.706. The van der Waals surface area contributed by atoms with Crippen LogP contribution in [0.4, 0.5) is 4.79 Å². The first kappa shape index (κ1) is 23.2. The molecule has 0 aliphatic carbocycles. The van der Waals surface area contributed by atoms with Crippen molar-refractivity contribution in [3.05, 3.63) is 11.6 Å². The van der Waals surface area contributed by atoms with Gasteiger partial charge in [-0.25, -0.2) is 9.59 Å². The molecule has 0 bridgehead atoms. The van der Waals surface area contributed by atoms with Crippen LogP contribution in [-0.4, -0.2) is 61.7 Å². The Bertz CT molecular complexity index is 659. The van der Waals surface area contributed by atoms with Gasteiger partial charge in [0.25, 0.3) is 0 Å². The maximum atomic E-state index is 11.8. The number of hydrogen-bond donors (Lipinski definition) is 3. The Hall–Kier alpha value is -2.85. The molecule has 11 heteroatoms. The second-order valence-electron chi connectivity index (χ2n) is 7.25. The third kappa shape index (κ3) is 10.3. The molecule has 0 saturated heterocycles. The maximum Gasteiger partial charge on any atom is 0.408 e. The first-order valence-corrected chi connectivity index (χ1v) is 9.08. The summed E-state index contributed by atoms with van der Waals surface area (Å²) < 4.78 is 5.06. The van der Waals surface area contributed by atoms with E-state index in [2.05, 4.69) is 31.0 Å². The van der Waals surface area contributed by atoms with Gasteiger partial charge in [-0.3, -0.25) is 4.79 Å². The average molecular weight is 396 g/mol. The van der Waals surface area contributed by atoms with Crippen LogP contribution in [0.1, 0.15) is 58.1 Å². The van der Waals surface area contributed by atoms with Gasteiger partial charge in [-0.05, 0) is 47.0 Å². The van der Waals surface area contributed by atoms with Gasteiger partial charge >= 0.3 is 12.1 Å². The molecule has 0 aliphatic rings. The van der Waals surface area contributed by atoms with Crippen LogP contribution < -0.4 is 10.6 Å². The van der Waals surface area contributed by atoms with Gasteiger partial charge in [0.1, 0.15) is 11.6 Å². The molecule has 11 nitrogen and oxygen atoms in total. The lowest BCUT2D eigenvalue weighted by molar-refractivity contribution is -0.139. The number of nitrogens with zero attached hydrogens (tertiary/aromatic N) is 4. The predicted octanol–water partition coefficient (Wildman–Crippen LogP) is 0.772. The zero-order valence-corrected chi connectivity index (χ0v) is 16.7. The molecular formula is C17H28N6O5. The fourth-order valence-electron chi connectivity index (χ4n) is 2.12. The van der Waals surface area contributed by atoms with Crippen LogP contribution in [0.3, 0.4) is 0 Å². The minimum Gasteiger partial charge on any atom is -0.480 e. The third-order valence-corrected chi connectivity index (χ3v) is 3.43. The molecule has 1 heterocycles. The number of alkyl carbamates (subject to hydrolysis) is 1. The second kappa shape index (κ2) is 11.1. The highest BCUT2D eigenvalue weighted by Gasteiger charge is 2.23. The van der Waals surface area contributed by atoms with Crippen molar-refractivity contribution in [3.8, 4) is 0 Å². The Morgan fingerprint density at radius 2 is 1.75 bits per heavy atom. The topological polar surface area (TPSA) is 156 Å². The van der Waals surface area contributed by atoms with Crippen molar-refractivity contribution in [2.75, 3.05) is 6.54 Å². The standard InChI is InChI=1S/C17H28N6O5/c1-11-20-22-13(23-21-11)8-9-14(24)18-10-6-5-7-12(15(25)26)19-16(27)28-17(2,3)4/h12H,5-10H2,1-4H3,(H,18,24)(H,19,27)(H,25,26). The van der Waals surface area contributed by atoms with E-state index in [4.69, 9.17) is 4.74 Å². The van der Waals surface area contributed by atoms with Crippen LogP contribution in [-0.2, 0) is 20.7 Å². The zero-order valence-electron chi connectivity index (χ0n) is 16.7. The summed E-state index contributed by atoms with van der Waals surface area (Å²) >= 11 is 0. The number of unbranched alkanes of at least 4 members (excludes halogenated alkanes) is 1. The Labute approximate surface area is 163 Å². The van der Waals surface area contributed by atoms with Gasteiger partial charge in [0.05, 0.1) is 0 Å². The van der Waals surface area contributed by atoms with Gasteiger partial charge < -0.3 is 20.5 Å². The molecule has 28 heavy (non-hydrogen) atoms. The van der Waals surface area contributed by atoms with E-state index in [-0.39, 0.29) is 18.7 Å². The number of aryl methyl sites for hydroxylation is 2. The number of nitrogens with one attached hydrogen (secondary N) is 2. The lowest BCUT2D eigenvalue weighted by Crippen LogP contribution is -2.43. The Morgan fingerprint density at radius 1 is 1.11 bits per heavy atom. The minimum atomic E-state index is -1.13. The van der Waals surface area contributed by atoms with Gasteiger partial charge in [0, 0.05) is 19.4 Å². The molecule has 1 aromatic rings. The van der Waals surface area contributed by atoms with E-state index in [1.54, 1.807) is 27.7 Å². The van der Waals surface area contributed by atoms with Crippen molar-refractivity contribution in [1.29, 1.82) is 0 Å². The van der Waals surface area contributed by atoms with Crippen LogP contribution >= 0.6 is 0 Å². The SMILES string of the molecule is Cc1nnc(CCC(=O)NCCCCC(NC(=O)OC(C)(C)C)C(=O)O)nn1. The number of hydrogen-bond acceptors (Lipinski definition) is 8. The highest BCUT2D eigenvalue weighted by atomic mass is 16.6. The number of amides is 2. The highest BCUT2D eigenvalue weighted by molar-refractivity contribution is 5.80. The molecule has 1 rings (SSSR count). The fourth-order valence-corrected chi connectivity index (χ4v) is 2.12. The van der Waals surface area contributed by atoms with Crippen molar-refractivity contribution >= 4 is 18.0 Å². The minimum absolute atomic E-state index is 0.161. The van der Waals surface area contributed by atoms with Gasteiger partial charge in [-0.15, -0.1) is 20.4 Å². The van der Waals surface area contributed by atoms with Crippen molar-refractivity contribution in [1.82, 2.24) is 31.0 Å². The maximum absolute atomic E-state index is 11.8. The lowest BCUT2D eigenvalue weighted by atomic mass is 10.1. The monoisotopic (exact) mass is 396 g/mol. The molecule has 2 amide bonds. The summed E-state index contributed by atoms with van der Waals surface area (Å²) in [6.07, 6.45) is 1.11. The first-order chi connectivity index (χ1) is 13.1. The van der Waals surface area contributed by atoms with Gasteiger partial charge in [0.15, 0.2) is 11.6 Å². The number of ether oxygens (including phenoxy) is 1. The second-order valence-corrected chi connectivity index (χ2v) is 7.25. The summed E-state index contributed by atoms with van der Waals surface area (Å²) in [4.78, 5) is 34.7.